The highest BCUT2D eigenvalue weighted by Gasteiger charge is 2.30. The van der Waals surface area contributed by atoms with Gasteiger partial charge in [0, 0.05) is 12.0 Å². The Kier molecular flexibility index (Phi) is 8.09. The summed E-state index contributed by atoms with van der Waals surface area (Å²) in [5.74, 6) is 3.25. The molecule has 0 heterocycles. The minimum atomic E-state index is -1.33. The van der Waals surface area contributed by atoms with Gasteiger partial charge in [0.05, 0.1) is 17.2 Å². The van der Waals surface area contributed by atoms with E-state index in [1.165, 1.54) is 6.07 Å². The van der Waals surface area contributed by atoms with Crippen LogP contribution >= 0.6 is 23.2 Å². The molecule has 7 heteroatoms. The number of benzene rings is 2. The van der Waals surface area contributed by atoms with Crippen LogP contribution in [0, 0.1) is 12.3 Å². The lowest BCUT2D eigenvalue weighted by molar-refractivity contribution is -0.130. The number of carbonyl (C=O) groups is 1. The summed E-state index contributed by atoms with van der Waals surface area (Å²) in [7, 11) is 1.58. The first-order valence-electron chi connectivity index (χ1n) is 10.1. The molecule has 31 heavy (non-hydrogen) atoms. The summed E-state index contributed by atoms with van der Waals surface area (Å²) >= 11 is 12.0. The highest BCUT2D eigenvalue weighted by atomic mass is 35.5. The summed E-state index contributed by atoms with van der Waals surface area (Å²) in [6, 6.07) is 10.3. The molecule has 2 aromatic rings. The Morgan fingerprint density at radius 2 is 1.97 bits per heavy atom. The lowest BCUT2D eigenvalue weighted by Gasteiger charge is -2.33. The average Bonchev–Trinajstić information content (AvgIpc) is 2.79. The number of carbonyl (C=O) groups excluding carboxylic acids is 1. The third-order valence-corrected chi connectivity index (χ3v) is 6.27. The van der Waals surface area contributed by atoms with Gasteiger partial charge in [0.15, 0.2) is 17.6 Å². The van der Waals surface area contributed by atoms with Gasteiger partial charge in [0.2, 0.25) is 0 Å². The third-order valence-electron chi connectivity index (χ3n) is 5.53. The lowest BCUT2D eigenvalue weighted by atomic mass is 9.79. The van der Waals surface area contributed by atoms with E-state index in [0.717, 1.165) is 31.2 Å². The van der Waals surface area contributed by atoms with Crippen molar-refractivity contribution in [3.05, 3.63) is 57.6 Å². The van der Waals surface area contributed by atoms with Gasteiger partial charge in [-0.15, -0.1) is 6.42 Å². The van der Waals surface area contributed by atoms with Crippen molar-refractivity contribution in [1.29, 1.82) is 0 Å². The van der Waals surface area contributed by atoms with Crippen LogP contribution in [-0.4, -0.2) is 30.8 Å². The summed E-state index contributed by atoms with van der Waals surface area (Å²) in [5.41, 5.74) is 1.44. The van der Waals surface area contributed by atoms with Gasteiger partial charge >= 0.3 is 0 Å². The van der Waals surface area contributed by atoms with Gasteiger partial charge in [-0.2, -0.15) is 0 Å². The smallest absolute Gasteiger partial charge is 0.253 e. The van der Waals surface area contributed by atoms with Gasteiger partial charge in [-0.25, -0.2) is 0 Å². The fourth-order valence-corrected chi connectivity index (χ4v) is 4.26. The fraction of sp³-hybridized carbons (Fsp3) is 0.375. The van der Waals surface area contributed by atoms with Crippen LogP contribution in [0.15, 0.2) is 36.4 Å². The lowest BCUT2D eigenvalue weighted by Crippen LogP contribution is -2.43. The summed E-state index contributed by atoms with van der Waals surface area (Å²) < 4.78 is 11.0. The molecule has 164 valence electrons. The van der Waals surface area contributed by atoms with Gasteiger partial charge < -0.3 is 19.9 Å². The van der Waals surface area contributed by atoms with Crippen LogP contribution in [-0.2, 0) is 4.79 Å². The number of methoxy groups -OCH3 is 1. The maximum Gasteiger partial charge on any atom is 0.253 e. The summed E-state index contributed by atoms with van der Waals surface area (Å²) in [6.07, 6.45) is 7.75. The van der Waals surface area contributed by atoms with Gasteiger partial charge in [-0.1, -0.05) is 54.1 Å². The molecule has 1 amide bonds. The van der Waals surface area contributed by atoms with E-state index in [2.05, 4.69) is 11.2 Å². The van der Waals surface area contributed by atoms with Crippen molar-refractivity contribution >= 4 is 29.1 Å². The number of terminal acetylenes is 1. The Morgan fingerprint density at radius 3 is 2.68 bits per heavy atom. The van der Waals surface area contributed by atoms with E-state index in [0.29, 0.717) is 27.1 Å². The van der Waals surface area contributed by atoms with Crippen molar-refractivity contribution in [1.82, 2.24) is 5.32 Å². The number of hydrogen-bond acceptors (Lipinski definition) is 4. The number of aliphatic hydroxyl groups excluding tert-OH is 1. The fourth-order valence-electron chi connectivity index (χ4n) is 3.95. The highest BCUT2D eigenvalue weighted by Crippen LogP contribution is 2.38. The Balaban J connectivity index is 1.76. The number of nitrogens with one attached hydrogen (secondary N) is 1. The number of rotatable bonds is 7. The summed E-state index contributed by atoms with van der Waals surface area (Å²) in [6.45, 7) is 0.157. The van der Waals surface area contributed by atoms with E-state index in [4.69, 9.17) is 39.1 Å². The Labute approximate surface area is 192 Å². The Hall–Kier alpha value is -2.39. The van der Waals surface area contributed by atoms with E-state index in [1.54, 1.807) is 19.2 Å². The second-order valence-corrected chi connectivity index (χ2v) is 8.30. The van der Waals surface area contributed by atoms with Crippen molar-refractivity contribution in [3.8, 4) is 23.8 Å². The van der Waals surface area contributed by atoms with E-state index < -0.39 is 12.0 Å². The van der Waals surface area contributed by atoms with Crippen LogP contribution < -0.4 is 14.8 Å². The Bertz CT molecular complexity index is 973. The first-order valence-corrected chi connectivity index (χ1v) is 10.9. The number of amides is 1. The Morgan fingerprint density at radius 1 is 1.19 bits per heavy atom. The predicted octanol–water partition coefficient (Wildman–Crippen LogP) is 4.89. The summed E-state index contributed by atoms with van der Waals surface area (Å²) in [5, 5.41) is 14.2. The molecule has 3 atom stereocenters. The molecule has 0 bridgehead atoms. The number of halogens is 2. The quantitative estimate of drug-likeness (QED) is 0.575. The number of hydrogen-bond donors (Lipinski definition) is 2. The van der Waals surface area contributed by atoms with Crippen molar-refractivity contribution in [3.63, 3.8) is 0 Å². The van der Waals surface area contributed by atoms with Crippen LogP contribution in [0.4, 0.5) is 0 Å². The van der Waals surface area contributed by atoms with Crippen LogP contribution in [0.3, 0.4) is 0 Å². The average molecular weight is 462 g/mol. The molecule has 1 aliphatic carbocycles. The van der Waals surface area contributed by atoms with Crippen LogP contribution in [0.2, 0.25) is 10.0 Å². The van der Waals surface area contributed by atoms with Crippen molar-refractivity contribution in [2.45, 2.75) is 43.7 Å². The van der Waals surface area contributed by atoms with E-state index in [-0.39, 0.29) is 18.6 Å². The van der Waals surface area contributed by atoms with Gasteiger partial charge in [0.1, 0.15) is 6.61 Å². The SMILES string of the molecule is C#CCOc1ccc(C2CCCCC2NC(=O)C(O)c2ccc(Cl)c(Cl)c2)cc1OC. The van der Waals surface area contributed by atoms with Crippen molar-refractivity contribution in [2.24, 2.45) is 0 Å². The monoisotopic (exact) mass is 461 g/mol. The molecule has 3 unspecified atom stereocenters. The molecule has 0 radical (unpaired) electrons. The second-order valence-electron chi connectivity index (χ2n) is 7.49. The van der Waals surface area contributed by atoms with Crippen molar-refractivity contribution < 1.29 is 19.4 Å². The summed E-state index contributed by atoms with van der Waals surface area (Å²) in [4.78, 5) is 12.8. The van der Waals surface area contributed by atoms with Gasteiger partial charge in [-0.3, -0.25) is 4.79 Å². The minimum Gasteiger partial charge on any atom is -0.493 e. The first kappa shape index (κ1) is 23.3. The molecular formula is C24H25Cl2NO4. The predicted molar refractivity (Wildman–Crippen MR) is 122 cm³/mol. The molecule has 0 aliphatic heterocycles. The second kappa shape index (κ2) is 10.8. The van der Waals surface area contributed by atoms with E-state index in [9.17, 15) is 9.90 Å². The molecule has 1 aliphatic rings. The molecule has 0 spiro atoms. The third kappa shape index (κ3) is 5.65. The molecule has 2 N–H and O–H groups in total. The highest BCUT2D eigenvalue weighted by molar-refractivity contribution is 6.42. The topological polar surface area (TPSA) is 67.8 Å². The molecule has 1 fully saturated rings. The first-order chi connectivity index (χ1) is 14.9. The number of aliphatic hydroxyl groups is 1. The molecule has 2 aromatic carbocycles. The van der Waals surface area contributed by atoms with Gasteiger partial charge in [-0.05, 0) is 48.2 Å². The largest absolute Gasteiger partial charge is 0.493 e. The maximum atomic E-state index is 12.8. The van der Waals surface area contributed by atoms with E-state index in [1.807, 2.05) is 18.2 Å². The molecule has 0 aromatic heterocycles. The zero-order chi connectivity index (χ0) is 22.4. The van der Waals surface area contributed by atoms with Crippen LogP contribution in [0.5, 0.6) is 11.5 Å². The number of ether oxygens (including phenoxy) is 2. The van der Waals surface area contributed by atoms with E-state index >= 15 is 0 Å². The maximum absolute atomic E-state index is 12.8. The standard InChI is InChI=1S/C24H25Cl2NO4/c1-3-12-31-21-11-9-15(14-22(21)30-2)17-6-4-5-7-20(17)27-24(29)23(28)16-8-10-18(25)19(26)13-16/h1,8-11,13-14,17,20,23,28H,4-7,12H2,2H3,(H,27,29). The van der Waals surface area contributed by atoms with Crippen LogP contribution in [0.25, 0.3) is 0 Å². The van der Waals surface area contributed by atoms with Gasteiger partial charge in [0.25, 0.3) is 5.91 Å². The van der Waals surface area contributed by atoms with Crippen LogP contribution in [0.1, 0.15) is 48.8 Å². The zero-order valence-corrected chi connectivity index (χ0v) is 18.7. The molecule has 5 nitrogen and oxygen atoms in total. The van der Waals surface area contributed by atoms with Crippen molar-refractivity contribution in [2.75, 3.05) is 13.7 Å². The normalized spacial score (nSPS) is 19.2. The molecule has 3 rings (SSSR count). The molecule has 0 saturated heterocycles. The molecular weight excluding hydrogens is 437 g/mol. The zero-order valence-electron chi connectivity index (χ0n) is 17.2. The molecule has 1 saturated carbocycles. The minimum absolute atomic E-state index is 0.0919.